The SMILES string of the molecule is CN(C)/C=N/c1ncnc2c1ncn2C1CCC(CO)O1. The molecule has 3 heterocycles. The predicted octanol–water partition coefficient (Wildman–Crippen LogP) is 0.718. The Balaban J connectivity index is 1.94. The number of ether oxygens (including phenoxy) is 1. The first-order chi connectivity index (χ1) is 10.2. The van der Waals surface area contributed by atoms with Crippen molar-refractivity contribution in [1.29, 1.82) is 0 Å². The average Bonchev–Trinajstić information content (AvgIpc) is 3.10. The molecular weight excluding hydrogens is 272 g/mol. The van der Waals surface area contributed by atoms with Gasteiger partial charge in [-0.2, -0.15) is 0 Å². The Bertz CT molecular complexity index is 653. The zero-order chi connectivity index (χ0) is 14.8. The van der Waals surface area contributed by atoms with Crippen LogP contribution in [0, 0.1) is 0 Å². The van der Waals surface area contributed by atoms with Crippen molar-refractivity contribution in [3.8, 4) is 0 Å². The summed E-state index contributed by atoms with van der Waals surface area (Å²) >= 11 is 0. The van der Waals surface area contributed by atoms with Crippen molar-refractivity contribution in [3.05, 3.63) is 12.7 Å². The Kier molecular flexibility index (Phi) is 3.80. The predicted molar refractivity (Wildman–Crippen MR) is 77.4 cm³/mol. The molecular formula is C13H18N6O2. The van der Waals surface area contributed by atoms with Crippen LogP contribution in [-0.2, 0) is 4.74 Å². The van der Waals surface area contributed by atoms with Gasteiger partial charge in [0.15, 0.2) is 17.0 Å². The summed E-state index contributed by atoms with van der Waals surface area (Å²) in [5, 5.41) is 9.16. The van der Waals surface area contributed by atoms with E-state index in [0.717, 1.165) is 12.8 Å². The second-order valence-electron chi connectivity index (χ2n) is 5.20. The van der Waals surface area contributed by atoms with Gasteiger partial charge in [-0.25, -0.2) is 19.9 Å². The van der Waals surface area contributed by atoms with Crippen LogP contribution in [0.3, 0.4) is 0 Å². The summed E-state index contributed by atoms with van der Waals surface area (Å²) in [6.07, 6.45) is 6.25. The van der Waals surface area contributed by atoms with E-state index >= 15 is 0 Å². The summed E-state index contributed by atoms with van der Waals surface area (Å²) in [4.78, 5) is 18.9. The minimum atomic E-state index is -0.146. The minimum absolute atomic E-state index is 0.0382. The Labute approximate surface area is 122 Å². The molecule has 1 fully saturated rings. The summed E-state index contributed by atoms with van der Waals surface area (Å²) in [6, 6.07) is 0. The van der Waals surface area contributed by atoms with Crippen LogP contribution in [0.1, 0.15) is 19.1 Å². The van der Waals surface area contributed by atoms with E-state index in [0.29, 0.717) is 17.0 Å². The van der Waals surface area contributed by atoms with Crippen molar-refractivity contribution in [2.45, 2.75) is 25.2 Å². The lowest BCUT2D eigenvalue weighted by Gasteiger charge is -2.13. The molecule has 2 aromatic rings. The van der Waals surface area contributed by atoms with Crippen LogP contribution in [0.4, 0.5) is 5.82 Å². The molecule has 0 amide bonds. The number of aliphatic imine (C=N–C) groups is 1. The zero-order valence-electron chi connectivity index (χ0n) is 12.0. The summed E-state index contributed by atoms with van der Waals surface area (Å²) < 4.78 is 7.64. The maximum absolute atomic E-state index is 9.16. The Morgan fingerprint density at radius 2 is 2.29 bits per heavy atom. The average molecular weight is 290 g/mol. The molecule has 2 atom stereocenters. The molecule has 0 saturated carbocycles. The number of rotatable bonds is 4. The van der Waals surface area contributed by atoms with Crippen molar-refractivity contribution in [2.24, 2.45) is 4.99 Å². The third kappa shape index (κ3) is 2.72. The molecule has 8 nitrogen and oxygen atoms in total. The molecule has 0 spiro atoms. The maximum atomic E-state index is 9.16. The molecule has 0 radical (unpaired) electrons. The summed E-state index contributed by atoms with van der Waals surface area (Å²) in [5.41, 5.74) is 1.34. The van der Waals surface area contributed by atoms with Gasteiger partial charge in [0.25, 0.3) is 0 Å². The fourth-order valence-electron chi connectivity index (χ4n) is 2.34. The van der Waals surface area contributed by atoms with Crippen LogP contribution in [-0.4, -0.2) is 62.7 Å². The lowest BCUT2D eigenvalue weighted by Crippen LogP contribution is -2.14. The molecule has 21 heavy (non-hydrogen) atoms. The standard InChI is InChI=1S/C13H18N6O2/c1-18(2)7-17-12-11-13(15-6-14-12)19(8-16-11)10-4-3-9(5-20)21-10/h6-10,20H,3-5H2,1-2H3/b17-7+. The van der Waals surface area contributed by atoms with E-state index in [-0.39, 0.29) is 18.9 Å². The Morgan fingerprint density at radius 3 is 3.00 bits per heavy atom. The molecule has 1 saturated heterocycles. The van der Waals surface area contributed by atoms with Gasteiger partial charge in [-0.3, -0.25) is 4.57 Å². The highest BCUT2D eigenvalue weighted by Crippen LogP contribution is 2.31. The second kappa shape index (κ2) is 5.74. The lowest BCUT2D eigenvalue weighted by molar-refractivity contribution is -0.0207. The van der Waals surface area contributed by atoms with Crippen molar-refractivity contribution >= 4 is 23.3 Å². The molecule has 1 aliphatic heterocycles. The summed E-state index contributed by atoms with van der Waals surface area (Å²) in [7, 11) is 3.78. The van der Waals surface area contributed by atoms with E-state index in [9.17, 15) is 0 Å². The first-order valence-electron chi connectivity index (χ1n) is 6.83. The first-order valence-corrected chi connectivity index (χ1v) is 6.83. The molecule has 0 bridgehead atoms. The molecule has 3 rings (SSSR count). The monoisotopic (exact) mass is 290 g/mol. The highest BCUT2D eigenvalue weighted by molar-refractivity contribution is 5.82. The van der Waals surface area contributed by atoms with Gasteiger partial charge in [-0.05, 0) is 12.8 Å². The van der Waals surface area contributed by atoms with E-state index < -0.39 is 0 Å². The molecule has 1 N–H and O–H groups in total. The number of nitrogens with zero attached hydrogens (tertiary/aromatic N) is 6. The number of hydrogen-bond donors (Lipinski definition) is 1. The van der Waals surface area contributed by atoms with Gasteiger partial charge >= 0.3 is 0 Å². The summed E-state index contributed by atoms with van der Waals surface area (Å²) in [6.45, 7) is 0.0382. The topological polar surface area (TPSA) is 88.7 Å². The molecule has 8 heteroatoms. The summed E-state index contributed by atoms with van der Waals surface area (Å²) in [5.74, 6) is 0.532. The highest BCUT2D eigenvalue weighted by Gasteiger charge is 2.27. The highest BCUT2D eigenvalue weighted by atomic mass is 16.5. The van der Waals surface area contributed by atoms with E-state index in [4.69, 9.17) is 9.84 Å². The van der Waals surface area contributed by atoms with Crippen LogP contribution < -0.4 is 0 Å². The van der Waals surface area contributed by atoms with Gasteiger partial charge in [0.05, 0.1) is 25.4 Å². The smallest absolute Gasteiger partial charge is 0.184 e. The molecule has 2 unspecified atom stereocenters. The van der Waals surface area contributed by atoms with E-state index in [1.165, 1.54) is 6.33 Å². The largest absolute Gasteiger partial charge is 0.394 e. The van der Waals surface area contributed by atoms with Crippen LogP contribution in [0.2, 0.25) is 0 Å². The van der Waals surface area contributed by atoms with E-state index in [2.05, 4.69) is 19.9 Å². The maximum Gasteiger partial charge on any atom is 0.184 e. The number of imidazole rings is 1. The van der Waals surface area contributed by atoms with Crippen LogP contribution in [0.5, 0.6) is 0 Å². The van der Waals surface area contributed by atoms with E-state index in [1.54, 1.807) is 12.7 Å². The van der Waals surface area contributed by atoms with Crippen molar-refractivity contribution in [1.82, 2.24) is 24.4 Å². The number of hydrogen-bond acceptors (Lipinski definition) is 6. The Morgan fingerprint density at radius 1 is 1.43 bits per heavy atom. The van der Waals surface area contributed by atoms with Gasteiger partial charge in [0.1, 0.15) is 12.6 Å². The minimum Gasteiger partial charge on any atom is -0.394 e. The van der Waals surface area contributed by atoms with E-state index in [1.807, 2.05) is 23.6 Å². The third-order valence-corrected chi connectivity index (χ3v) is 3.35. The number of aliphatic hydroxyl groups is 1. The fraction of sp³-hybridized carbons (Fsp3) is 0.538. The molecule has 112 valence electrons. The molecule has 1 aliphatic rings. The Hall–Kier alpha value is -2.06. The zero-order valence-corrected chi connectivity index (χ0v) is 12.0. The first kappa shape index (κ1) is 13.9. The molecule has 0 aliphatic carbocycles. The second-order valence-corrected chi connectivity index (χ2v) is 5.20. The fourth-order valence-corrected chi connectivity index (χ4v) is 2.34. The van der Waals surface area contributed by atoms with Gasteiger partial charge < -0.3 is 14.7 Å². The lowest BCUT2D eigenvalue weighted by atomic mass is 10.2. The molecule has 0 aromatic carbocycles. The van der Waals surface area contributed by atoms with Crippen molar-refractivity contribution < 1.29 is 9.84 Å². The molecule has 2 aromatic heterocycles. The van der Waals surface area contributed by atoms with Crippen LogP contribution >= 0.6 is 0 Å². The number of aliphatic hydroxyl groups excluding tert-OH is 1. The number of fused-ring (bicyclic) bond motifs is 1. The van der Waals surface area contributed by atoms with Gasteiger partial charge in [0, 0.05) is 14.1 Å². The third-order valence-electron chi connectivity index (χ3n) is 3.35. The van der Waals surface area contributed by atoms with Crippen molar-refractivity contribution in [2.75, 3.05) is 20.7 Å². The van der Waals surface area contributed by atoms with Crippen LogP contribution in [0.25, 0.3) is 11.2 Å². The number of aromatic nitrogens is 4. The van der Waals surface area contributed by atoms with Crippen LogP contribution in [0.15, 0.2) is 17.6 Å². The van der Waals surface area contributed by atoms with Gasteiger partial charge in [0.2, 0.25) is 0 Å². The van der Waals surface area contributed by atoms with Gasteiger partial charge in [-0.15, -0.1) is 0 Å². The van der Waals surface area contributed by atoms with Gasteiger partial charge in [-0.1, -0.05) is 0 Å². The van der Waals surface area contributed by atoms with Crippen molar-refractivity contribution in [3.63, 3.8) is 0 Å². The normalized spacial score (nSPS) is 22.4. The quantitative estimate of drug-likeness (QED) is 0.659.